The molecule has 6 heterocycles. The van der Waals surface area contributed by atoms with Crippen LogP contribution in [0, 0.1) is 0 Å². The molecule has 0 aliphatic rings. The van der Waals surface area contributed by atoms with Gasteiger partial charge in [0.2, 0.25) is 0 Å². The van der Waals surface area contributed by atoms with Crippen LogP contribution in [0.3, 0.4) is 0 Å². The van der Waals surface area contributed by atoms with Crippen LogP contribution in [-0.4, -0.2) is 39.9 Å². The van der Waals surface area contributed by atoms with E-state index >= 15 is 0 Å². The van der Waals surface area contributed by atoms with Crippen molar-refractivity contribution >= 4 is 43.9 Å². The Morgan fingerprint density at radius 3 is 1.28 bits per heavy atom. The quantitative estimate of drug-likeness (QED) is 0.189. The molecule has 0 unspecified atom stereocenters. The molecule has 0 bridgehead atoms. The maximum atomic E-state index is 5.26. The number of nitrogens with zero attached hydrogens (tertiary/aromatic N) is 8. The van der Waals surface area contributed by atoms with Crippen LogP contribution < -0.4 is 0 Å². The molecule has 9 rings (SSSR count). The second-order valence-corrected chi connectivity index (χ2v) is 10.9. The summed E-state index contributed by atoms with van der Waals surface area (Å²) in [5.41, 5.74) is 9.78. The summed E-state index contributed by atoms with van der Waals surface area (Å²) >= 11 is 0. The van der Waals surface area contributed by atoms with E-state index in [4.69, 9.17) is 29.9 Å². The van der Waals surface area contributed by atoms with Crippen molar-refractivity contribution in [3.05, 3.63) is 134 Å². The average molecular weight is 591 g/mol. The van der Waals surface area contributed by atoms with Gasteiger partial charge in [-0.3, -0.25) is 9.97 Å². The minimum Gasteiger partial charge on any atom is -0.253 e. The molecule has 0 atom stereocenters. The van der Waals surface area contributed by atoms with Gasteiger partial charge in [0.25, 0.3) is 0 Å². The first-order valence-electron chi connectivity index (χ1n) is 14.8. The predicted molar refractivity (Wildman–Crippen MR) is 181 cm³/mol. The SMILES string of the molecule is c1ccc(-c2cc(-c3ncc4ncccc4n3)c3ccc4c(-c5ncc6ncccc6n5)cc(-c5ccccc5)nc4c3n2)cc1. The second-order valence-electron chi connectivity index (χ2n) is 10.9. The third-order valence-corrected chi connectivity index (χ3v) is 8.08. The molecular weight excluding hydrogens is 568 g/mol. The van der Waals surface area contributed by atoms with E-state index < -0.39 is 0 Å². The standard InChI is InChI=1S/C38H22N8/c1-3-9-23(10-4-1)31-19-27(37-41-21-33-29(45-37)13-7-17-39-33)25-15-16-26-28(38-42-22-34-30(46-38)14-8-18-40-34)20-32(24-11-5-2-6-12-24)44-36(26)35(25)43-31/h1-22H. The van der Waals surface area contributed by atoms with Gasteiger partial charge in [0.1, 0.15) is 11.0 Å². The van der Waals surface area contributed by atoms with E-state index in [0.717, 1.165) is 77.5 Å². The Hall–Kier alpha value is -6.54. The van der Waals surface area contributed by atoms with Gasteiger partial charge < -0.3 is 0 Å². The minimum absolute atomic E-state index is 0.592. The van der Waals surface area contributed by atoms with E-state index in [1.807, 2.05) is 60.7 Å². The highest BCUT2D eigenvalue weighted by Crippen LogP contribution is 2.38. The molecule has 46 heavy (non-hydrogen) atoms. The number of fused-ring (bicyclic) bond motifs is 5. The number of hydrogen-bond acceptors (Lipinski definition) is 8. The van der Waals surface area contributed by atoms with Gasteiger partial charge in [-0.15, -0.1) is 0 Å². The molecular formula is C38H22N8. The molecule has 9 aromatic rings. The molecule has 0 aliphatic heterocycles. The highest BCUT2D eigenvalue weighted by atomic mass is 14.9. The van der Waals surface area contributed by atoms with E-state index in [9.17, 15) is 0 Å². The molecule has 214 valence electrons. The summed E-state index contributed by atoms with van der Waals surface area (Å²) in [4.78, 5) is 38.7. The van der Waals surface area contributed by atoms with Crippen LogP contribution in [0.5, 0.6) is 0 Å². The molecule has 3 aromatic carbocycles. The first kappa shape index (κ1) is 25.9. The highest BCUT2D eigenvalue weighted by molar-refractivity contribution is 6.12. The Morgan fingerprint density at radius 1 is 0.370 bits per heavy atom. The van der Waals surface area contributed by atoms with Crippen LogP contribution in [0.15, 0.2) is 134 Å². The Morgan fingerprint density at radius 2 is 0.826 bits per heavy atom. The molecule has 0 radical (unpaired) electrons. The lowest BCUT2D eigenvalue weighted by atomic mass is 9.98. The van der Waals surface area contributed by atoms with E-state index in [1.54, 1.807) is 24.8 Å². The lowest BCUT2D eigenvalue weighted by Crippen LogP contribution is -1.99. The van der Waals surface area contributed by atoms with Crippen LogP contribution in [0.4, 0.5) is 0 Å². The number of aromatic nitrogens is 8. The number of benzene rings is 3. The summed E-state index contributed by atoms with van der Waals surface area (Å²) in [5, 5.41) is 1.78. The predicted octanol–water partition coefficient (Wildman–Crippen LogP) is 8.13. The first-order valence-corrected chi connectivity index (χ1v) is 14.8. The Labute approximate surface area is 262 Å². The molecule has 0 saturated carbocycles. The lowest BCUT2D eigenvalue weighted by Gasteiger charge is -2.14. The molecule has 8 heteroatoms. The smallest absolute Gasteiger partial charge is 0.160 e. The topological polar surface area (TPSA) is 103 Å². The van der Waals surface area contributed by atoms with Crippen LogP contribution in [0.1, 0.15) is 0 Å². The molecule has 0 amide bonds. The average Bonchev–Trinajstić information content (AvgIpc) is 3.14. The minimum atomic E-state index is 0.592. The van der Waals surface area contributed by atoms with Crippen LogP contribution >= 0.6 is 0 Å². The Bertz CT molecular complexity index is 2410. The van der Waals surface area contributed by atoms with Crippen LogP contribution in [0.2, 0.25) is 0 Å². The van der Waals surface area contributed by atoms with Gasteiger partial charge in [0.05, 0.1) is 45.8 Å². The van der Waals surface area contributed by atoms with Gasteiger partial charge in [-0.1, -0.05) is 72.8 Å². The molecule has 6 aromatic heterocycles. The summed E-state index contributed by atoms with van der Waals surface area (Å²) in [6, 6.07) is 36.2. The zero-order valence-corrected chi connectivity index (χ0v) is 24.3. The van der Waals surface area contributed by atoms with Gasteiger partial charge in [-0.25, -0.2) is 29.9 Å². The molecule has 0 fully saturated rings. The second kappa shape index (κ2) is 10.6. The van der Waals surface area contributed by atoms with E-state index in [1.165, 1.54) is 0 Å². The number of pyridine rings is 4. The normalized spacial score (nSPS) is 11.5. The maximum Gasteiger partial charge on any atom is 0.160 e. The zero-order chi connectivity index (χ0) is 30.5. The van der Waals surface area contributed by atoms with Crippen molar-refractivity contribution in [2.75, 3.05) is 0 Å². The molecule has 8 nitrogen and oxygen atoms in total. The van der Waals surface area contributed by atoms with Crippen molar-refractivity contribution in [1.29, 1.82) is 0 Å². The van der Waals surface area contributed by atoms with Crippen molar-refractivity contribution in [2.45, 2.75) is 0 Å². The Balaban J connectivity index is 1.39. The van der Waals surface area contributed by atoms with Crippen molar-refractivity contribution in [3.8, 4) is 45.3 Å². The van der Waals surface area contributed by atoms with Crippen molar-refractivity contribution in [3.63, 3.8) is 0 Å². The van der Waals surface area contributed by atoms with Gasteiger partial charge in [0, 0.05) is 45.4 Å². The number of hydrogen-bond donors (Lipinski definition) is 0. The molecule has 0 aliphatic carbocycles. The van der Waals surface area contributed by atoms with Crippen molar-refractivity contribution in [1.82, 2.24) is 39.9 Å². The van der Waals surface area contributed by atoms with Gasteiger partial charge in [0.15, 0.2) is 11.6 Å². The third kappa shape index (κ3) is 4.39. The summed E-state index contributed by atoms with van der Waals surface area (Å²) in [6.45, 7) is 0. The first-order chi connectivity index (χ1) is 22.8. The number of rotatable bonds is 4. The molecule has 0 spiro atoms. The Kier molecular flexibility index (Phi) is 5.95. The van der Waals surface area contributed by atoms with Crippen molar-refractivity contribution < 1.29 is 0 Å². The fourth-order valence-corrected chi connectivity index (χ4v) is 5.85. The summed E-state index contributed by atoms with van der Waals surface area (Å²) in [7, 11) is 0. The summed E-state index contributed by atoms with van der Waals surface area (Å²) in [6.07, 6.45) is 7.03. The van der Waals surface area contributed by atoms with Gasteiger partial charge >= 0.3 is 0 Å². The third-order valence-electron chi connectivity index (χ3n) is 8.08. The lowest BCUT2D eigenvalue weighted by molar-refractivity contribution is 1.20. The van der Waals surface area contributed by atoms with Gasteiger partial charge in [-0.05, 0) is 36.4 Å². The van der Waals surface area contributed by atoms with E-state index in [0.29, 0.717) is 11.6 Å². The fourth-order valence-electron chi connectivity index (χ4n) is 5.85. The largest absolute Gasteiger partial charge is 0.253 e. The van der Waals surface area contributed by atoms with E-state index in [2.05, 4.69) is 58.5 Å². The maximum absolute atomic E-state index is 5.26. The summed E-state index contributed by atoms with van der Waals surface area (Å²) in [5.74, 6) is 1.18. The summed E-state index contributed by atoms with van der Waals surface area (Å²) < 4.78 is 0. The van der Waals surface area contributed by atoms with E-state index in [-0.39, 0.29) is 0 Å². The van der Waals surface area contributed by atoms with Crippen LogP contribution in [-0.2, 0) is 0 Å². The fraction of sp³-hybridized carbons (Fsp3) is 0. The molecule has 0 N–H and O–H groups in total. The monoisotopic (exact) mass is 590 g/mol. The van der Waals surface area contributed by atoms with Crippen LogP contribution in [0.25, 0.3) is 89.2 Å². The zero-order valence-electron chi connectivity index (χ0n) is 24.3. The van der Waals surface area contributed by atoms with Crippen molar-refractivity contribution in [2.24, 2.45) is 0 Å². The van der Waals surface area contributed by atoms with Gasteiger partial charge in [-0.2, -0.15) is 0 Å². The molecule has 0 saturated heterocycles. The highest BCUT2D eigenvalue weighted by Gasteiger charge is 2.19.